The van der Waals surface area contributed by atoms with Crippen LogP contribution in [0.1, 0.15) is 17.0 Å². The molecule has 0 saturated heterocycles. The molecule has 2 nitrogen and oxygen atoms in total. The van der Waals surface area contributed by atoms with Crippen molar-refractivity contribution >= 4 is 11.8 Å². The van der Waals surface area contributed by atoms with Crippen LogP contribution in [-0.4, -0.2) is 0 Å². The van der Waals surface area contributed by atoms with E-state index in [1.807, 2.05) is 36.4 Å². The number of fused-ring (bicyclic) bond motifs is 2. The Balaban J connectivity index is 2.23. The lowest BCUT2D eigenvalue weighted by molar-refractivity contribution is 0.679. The molecule has 0 fully saturated rings. The molecule has 0 saturated carbocycles. The summed E-state index contributed by atoms with van der Waals surface area (Å²) in [6.07, 6.45) is 0. The second-order valence-electron chi connectivity index (χ2n) is 4.39. The maximum absolute atomic E-state index is 9.25. The van der Waals surface area contributed by atoms with Gasteiger partial charge in [0.2, 0.25) is 0 Å². The summed E-state index contributed by atoms with van der Waals surface area (Å²) in [5.41, 5.74) is 2.17. The highest BCUT2D eigenvalue weighted by atomic mass is 32.2. The number of nitriles is 2. The minimum Gasteiger partial charge on any atom is -0.197 e. The van der Waals surface area contributed by atoms with Gasteiger partial charge in [-0.15, -0.1) is 0 Å². The molecule has 0 unspecified atom stereocenters. The van der Waals surface area contributed by atoms with Crippen molar-refractivity contribution in [2.24, 2.45) is 5.92 Å². The van der Waals surface area contributed by atoms with Gasteiger partial charge in [-0.3, -0.25) is 0 Å². The number of rotatable bonds is 1. The minimum absolute atomic E-state index is 0.149. The summed E-state index contributed by atoms with van der Waals surface area (Å²) < 4.78 is 0. The molecule has 1 aliphatic rings. The van der Waals surface area contributed by atoms with Gasteiger partial charge in [-0.2, -0.15) is 10.5 Å². The Morgan fingerprint density at radius 2 is 1.32 bits per heavy atom. The van der Waals surface area contributed by atoms with Crippen LogP contribution in [0.4, 0.5) is 0 Å². The zero-order valence-corrected chi connectivity index (χ0v) is 10.9. The summed E-state index contributed by atoms with van der Waals surface area (Å²) >= 11 is 1.71. The molecule has 0 N–H and O–H groups in total. The van der Waals surface area contributed by atoms with Gasteiger partial charge < -0.3 is 0 Å². The van der Waals surface area contributed by atoms with E-state index in [4.69, 9.17) is 0 Å². The van der Waals surface area contributed by atoms with Gasteiger partial charge >= 0.3 is 0 Å². The highest BCUT2D eigenvalue weighted by molar-refractivity contribution is 7.99. The Morgan fingerprint density at radius 1 is 0.842 bits per heavy atom. The number of hydrogen-bond acceptors (Lipinski definition) is 3. The molecule has 1 aliphatic heterocycles. The zero-order chi connectivity index (χ0) is 13.2. The summed E-state index contributed by atoms with van der Waals surface area (Å²) in [6, 6.07) is 20.3. The first-order valence-electron chi connectivity index (χ1n) is 6.00. The SMILES string of the molecule is N#CC(C#N)C1c2ccccc2Sc2ccccc21. The Morgan fingerprint density at radius 3 is 1.79 bits per heavy atom. The summed E-state index contributed by atoms with van der Waals surface area (Å²) in [5, 5.41) is 18.5. The van der Waals surface area contributed by atoms with Gasteiger partial charge in [0.1, 0.15) is 5.92 Å². The van der Waals surface area contributed by atoms with Crippen molar-refractivity contribution in [3.8, 4) is 12.1 Å². The minimum atomic E-state index is -0.650. The lowest BCUT2D eigenvalue weighted by Crippen LogP contribution is -2.15. The van der Waals surface area contributed by atoms with Crippen LogP contribution in [0.15, 0.2) is 58.3 Å². The fourth-order valence-corrected chi connectivity index (χ4v) is 3.64. The molecule has 19 heavy (non-hydrogen) atoms. The van der Waals surface area contributed by atoms with Crippen molar-refractivity contribution in [3.63, 3.8) is 0 Å². The van der Waals surface area contributed by atoms with Crippen molar-refractivity contribution in [1.82, 2.24) is 0 Å². The molecule has 90 valence electrons. The molecule has 3 heteroatoms. The van der Waals surface area contributed by atoms with Crippen LogP contribution >= 0.6 is 11.8 Å². The molecule has 1 heterocycles. The second-order valence-corrected chi connectivity index (χ2v) is 5.48. The molecule has 0 aromatic heterocycles. The largest absolute Gasteiger partial charge is 0.197 e. The van der Waals surface area contributed by atoms with Crippen molar-refractivity contribution in [2.45, 2.75) is 15.7 Å². The lowest BCUT2D eigenvalue weighted by Gasteiger charge is -2.28. The molecular weight excluding hydrogens is 252 g/mol. The predicted octanol–water partition coefficient (Wildman–Crippen LogP) is 3.95. The number of nitrogens with zero attached hydrogens (tertiary/aromatic N) is 2. The average molecular weight is 262 g/mol. The average Bonchev–Trinajstić information content (AvgIpc) is 2.47. The summed E-state index contributed by atoms with van der Waals surface area (Å²) in [7, 11) is 0. The first-order valence-corrected chi connectivity index (χ1v) is 6.81. The van der Waals surface area contributed by atoms with Crippen LogP contribution in [0.5, 0.6) is 0 Å². The van der Waals surface area contributed by atoms with E-state index in [1.165, 1.54) is 0 Å². The molecule has 2 aromatic rings. The standard InChI is InChI=1S/C16H10N2S/c17-9-11(10-18)16-12-5-1-3-7-14(12)19-15-8-4-2-6-13(15)16/h1-8,11,16H. The monoisotopic (exact) mass is 262 g/mol. The van der Waals surface area contributed by atoms with Crippen molar-refractivity contribution in [1.29, 1.82) is 10.5 Å². The van der Waals surface area contributed by atoms with E-state index in [2.05, 4.69) is 24.3 Å². The van der Waals surface area contributed by atoms with Gasteiger partial charge in [-0.25, -0.2) is 0 Å². The highest BCUT2D eigenvalue weighted by Gasteiger charge is 2.32. The molecule has 0 aliphatic carbocycles. The third-order valence-corrected chi connectivity index (χ3v) is 4.52. The maximum atomic E-state index is 9.25. The van der Waals surface area contributed by atoms with E-state index in [1.54, 1.807) is 11.8 Å². The molecular formula is C16H10N2S. The molecule has 2 aromatic carbocycles. The quantitative estimate of drug-likeness (QED) is 0.781. The Kier molecular flexibility index (Phi) is 2.99. The second kappa shape index (κ2) is 4.80. The van der Waals surface area contributed by atoms with Gasteiger partial charge in [0, 0.05) is 15.7 Å². The maximum Gasteiger partial charge on any atom is 0.144 e. The topological polar surface area (TPSA) is 47.6 Å². The first-order chi connectivity index (χ1) is 9.35. The number of benzene rings is 2. The van der Waals surface area contributed by atoms with E-state index in [0.29, 0.717) is 0 Å². The molecule has 0 radical (unpaired) electrons. The fourth-order valence-electron chi connectivity index (χ4n) is 2.48. The number of hydrogen-bond donors (Lipinski definition) is 0. The van der Waals surface area contributed by atoms with Gasteiger partial charge in [-0.1, -0.05) is 48.2 Å². The van der Waals surface area contributed by atoms with Gasteiger partial charge in [0.15, 0.2) is 0 Å². The molecule has 0 bridgehead atoms. The third kappa shape index (κ3) is 1.89. The lowest BCUT2D eigenvalue weighted by atomic mass is 9.81. The normalized spacial score (nSPS) is 13.2. The van der Waals surface area contributed by atoms with Gasteiger partial charge in [-0.05, 0) is 23.3 Å². The summed E-state index contributed by atoms with van der Waals surface area (Å²) in [6.45, 7) is 0. The van der Waals surface area contributed by atoms with E-state index >= 15 is 0 Å². The zero-order valence-electron chi connectivity index (χ0n) is 10.1. The highest BCUT2D eigenvalue weighted by Crippen LogP contribution is 2.48. The molecule has 0 amide bonds. The smallest absolute Gasteiger partial charge is 0.144 e. The van der Waals surface area contributed by atoms with E-state index < -0.39 is 5.92 Å². The van der Waals surface area contributed by atoms with Crippen LogP contribution in [0.25, 0.3) is 0 Å². The molecule has 0 atom stereocenters. The third-order valence-electron chi connectivity index (χ3n) is 3.34. The van der Waals surface area contributed by atoms with E-state index in [-0.39, 0.29) is 5.92 Å². The fraction of sp³-hybridized carbons (Fsp3) is 0.125. The van der Waals surface area contributed by atoms with Crippen molar-refractivity contribution < 1.29 is 0 Å². The van der Waals surface area contributed by atoms with Crippen LogP contribution < -0.4 is 0 Å². The van der Waals surface area contributed by atoms with Crippen molar-refractivity contribution in [3.05, 3.63) is 59.7 Å². The van der Waals surface area contributed by atoms with E-state index in [0.717, 1.165) is 20.9 Å². The Hall–Kier alpha value is -2.23. The van der Waals surface area contributed by atoms with Crippen LogP contribution in [-0.2, 0) is 0 Å². The van der Waals surface area contributed by atoms with Crippen LogP contribution in [0, 0.1) is 28.6 Å². The molecule has 0 spiro atoms. The van der Waals surface area contributed by atoms with Gasteiger partial charge in [0.05, 0.1) is 12.1 Å². The Bertz CT molecular complexity index is 650. The Labute approximate surface area is 116 Å². The summed E-state index contributed by atoms with van der Waals surface area (Å²) in [5.74, 6) is -0.799. The molecule has 3 rings (SSSR count). The predicted molar refractivity (Wildman–Crippen MR) is 73.6 cm³/mol. The van der Waals surface area contributed by atoms with E-state index in [9.17, 15) is 10.5 Å². The summed E-state index contributed by atoms with van der Waals surface area (Å²) in [4.78, 5) is 2.28. The van der Waals surface area contributed by atoms with Crippen molar-refractivity contribution in [2.75, 3.05) is 0 Å². The van der Waals surface area contributed by atoms with Crippen LogP contribution in [0.3, 0.4) is 0 Å². The first kappa shape index (κ1) is 11.8. The van der Waals surface area contributed by atoms with Gasteiger partial charge in [0.25, 0.3) is 0 Å². The van der Waals surface area contributed by atoms with Crippen LogP contribution in [0.2, 0.25) is 0 Å².